The van der Waals surface area contributed by atoms with Crippen LogP contribution in [-0.4, -0.2) is 18.0 Å². The maximum absolute atomic E-state index is 13.1. The number of nitrogens with one attached hydrogen (secondary N) is 1. The number of nitrogens with zero attached hydrogens (tertiary/aromatic N) is 2. The van der Waals surface area contributed by atoms with E-state index in [0.717, 1.165) is 5.56 Å². The molecule has 0 fully saturated rings. The summed E-state index contributed by atoms with van der Waals surface area (Å²) in [6.45, 7) is 0. The monoisotopic (exact) mass is 395 g/mol. The van der Waals surface area contributed by atoms with Crippen molar-refractivity contribution in [3.05, 3.63) is 94.7 Å². The van der Waals surface area contributed by atoms with E-state index in [1.807, 2.05) is 30.3 Å². The number of pyridine rings is 1. The van der Waals surface area contributed by atoms with Gasteiger partial charge < -0.3 is 4.42 Å². The van der Waals surface area contributed by atoms with Crippen molar-refractivity contribution >= 4 is 21.1 Å². The summed E-state index contributed by atoms with van der Waals surface area (Å²) in [5.41, 5.74) is 2.07. The predicted molar refractivity (Wildman–Crippen MR) is 104 cm³/mol. The first-order valence-corrected chi connectivity index (χ1v) is 10.0. The van der Waals surface area contributed by atoms with Crippen LogP contribution < -0.4 is 10.5 Å². The van der Waals surface area contributed by atoms with Crippen LogP contribution in [0.1, 0.15) is 17.3 Å². The molecular formula is C20H17N3O4S. The minimum Gasteiger partial charge on any atom is -0.408 e. The summed E-state index contributed by atoms with van der Waals surface area (Å²) in [6, 6.07) is 18.2. The lowest BCUT2D eigenvalue weighted by atomic mass is 10.0. The van der Waals surface area contributed by atoms with Crippen molar-refractivity contribution in [3.63, 3.8) is 0 Å². The van der Waals surface area contributed by atoms with Gasteiger partial charge in [0.1, 0.15) is 0 Å². The largest absolute Gasteiger partial charge is 0.419 e. The Kier molecular flexibility index (Phi) is 4.58. The first kappa shape index (κ1) is 18.1. The number of oxazole rings is 1. The lowest BCUT2D eigenvalue weighted by molar-refractivity contribution is 0.527. The van der Waals surface area contributed by atoms with Gasteiger partial charge in [0.15, 0.2) is 5.58 Å². The molecule has 8 heteroatoms. The Hall–Kier alpha value is -3.23. The fraction of sp³-hybridized carbons (Fsp3) is 0.100. The van der Waals surface area contributed by atoms with Gasteiger partial charge in [-0.25, -0.2) is 13.2 Å². The van der Waals surface area contributed by atoms with E-state index >= 15 is 0 Å². The van der Waals surface area contributed by atoms with E-state index in [4.69, 9.17) is 4.42 Å². The molecule has 4 rings (SSSR count). The van der Waals surface area contributed by atoms with Crippen molar-refractivity contribution in [3.8, 4) is 0 Å². The van der Waals surface area contributed by atoms with Gasteiger partial charge in [0.2, 0.25) is 10.0 Å². The molecule has 2 aromatic carbocycles. The van der Waals surface area contributed by atoms with Crippen LogP contribution in [0.5, 0.6) is 0 Å². The standard InChI is InChI=1S/C20H17N3O4S/c1-23-17-11-10-15(13-18(17)27-20(23)24)28(25,26)22-19(14-7-3-2-4-8-14)16-9-5-6-12-21-16/h2-13,19,22H,1H3/t19-/m1/s1. The van der Waals surface area contributed by atoms with Gasteiger partial charge in [-0.1, -0.05) is 36.4 Å². The van der Waals surface area contributed by atoms with E-state index < -0.39 is 21.8 Å². The summed E-state index contributed by atoms with van der Waals surface area (Å²) in [7, 11) is -2.35. The van der Waals surface area contributed by atoms with Crippen LogP contribution in [0.2, 0.25) is 0 Å². The van der Waals surface area contributed by atoms with Crippen LogP contribution in [0.15, 0.2) is 87.0 Å². The number of aryl methyl sites for hydroxylation is 1. The van der Waals surface area contributed by atoms with Crippen molar-refractivity contribution in [2.24, 2.45) is 7.05 Å². The minimum atomic E-state index is -3.91. The van der Waals surface area contributed by atoms with Crippen LogP contribution in [0, 0.1) is 0 Å². The zero-order valence-corrected chi connectivity index (χ0v) is 15.8. The van der Waals surface area contributed by atoms with E-state index in [2.05, 4.69) is 9.71 Å². The molecule has 142 valence electrons. The summed E-state index contributed by atoms with van der Waals surface area (Å²) >= 11 is 0. The maximum atomic E-state index is 13.1. The maximum Gasteiger partial charge on any atom is 0.419 e. The Bertz CT molecular complexity index is 1240. The normalized spacial score (nSPS) is 12.9. The van der Waals surface area contributed by atoms with Crippen molar-refractivity contribution < 1.29 is 12.8 Å². The van der Waals surface area contributed by atoms with E-state index in [-0.39, 0.29) is 10.5 Å². The number of sulfonamides is 1. The molecule has 0 spiro atoms. The molecular weight excluding hydrogens is 378 g/mol. The highest BCUT2D eigenvalue weighted by molar-refractivity contribution is 7.89. The Morgan fingerprint density at radius 3 is 2.50 bits per heavy atom. The summed E-state index contributed by atoms with van der Waals surface area (Å²) in [5, 5.41) is 0. The topological polar surface area (TPSA) is 94.2 Å². The molecule has 28 heavy (non-hydrogen) atoms. The number of benzene rings is 2. The van der Waals surface area contributed by atoms with Crippen molar-refractivity contribution in [2.45, 2.75) is 10.9 Å². The number of fused-ring (bicyclic) bond motifs is 1. The smallest absolute Gasteiger partial charge is 0.408 e. The fourth-order valence-electron chi connectivity index (χ4n) is 3.00. The molecule has 0 unspecified atom stereocenters. The first-order chi connectivity index (χ1) is 13.5. The average Bonchev–Trinajstić information content (AvgIpc) is 3.01. The van der Waals surface area contributed by atoms with Crippen LogP contribution in [-0.2, 0) is 17.1 Å². The van der Waals surface area contributed by atoms with Gasteiger partial charge in [0.25, 0.3) is 0 Å². The van der Waals surface area contributed by atoms with Crippen LogP contribution >= 0.6 is 0 Å². The molecule has 0 amide bonds. The average molecular weight is 395 g/mol. The summed E-state index contributed by atoms with van der Waals surface area (Å²) in [4.78, 5) is 16.0. The Morgan fingerprint density at radius 2 is 1.79 bits per heavy atom. The highest BCUT2D eigenvalue weighted by Crippen LogP contribution is 2.24. The molecule has 0 aliphatic heterocycles. The lowest BCUT2D eigenvalue weighted by Gasteiger charge is -2.19. The Labute approximate surface area is 161 Å². The third kappa shape index (κ3) is 3.35. The minimum absolute atomic E-state index is 0.00575. The Balaban J connectivity index is 1.76. The van der Waals surface area contributed by atoms with Gasteiger partial charge in [-0.15, -0.1) is 0 Å². The third-order valence-corrected chi connectivity index (χ3v) is 5.88. The molecule has 1 N–H and O–H groups in total. The zero-order valence-electron chi connectivity index (χ0n) is 14.9. The molecule has 1 atom stereocenters. The van der Waals surface area contributed by atoms with Crippen LogP contribution in [0.25, 0.3) is 11.1 Å². The highest BCUT2D eigenvalue weighted by atomic mass is 32.2. The van der Waals surface area contributed by atoms with Gasteiger partial charge in [0.05, 0.1) is 22.1 Å². The van der Waals surface area contributed by atoms with Crippen LogP contribution in [0.3, 0.4) is 0 Å². The second-order valence-electron chi connectivity index (χ2n) is 6.28. The number of rotatable bonds is 5. The third-order valence-electron chi connectivity index (χ3n) is 4.46. The van der Waals surface area contributed by atoms with Crippen LogP contribution in [0.4, 0.5) is 0 Å². The SMILES string of the molecule is Cn1c(=O)oc2cc(S(=O)(=O)N[C@H](c3ccccc3)c3ccccn3)ccc21. The second kappa shape index (κ2) is 7.06. The molecule has 0 saturated heterocycles. The molecule has 0 aliphatic carbocycles. The highest BCUT2D eigenvalue weighted by Gasteiger charge is 2.24. The predicted octanol–water partition coefficient (Wildman–Crippen LogP) is 2.59. The van der Waals surface area contributed by atoms with E-state index in [0.29, 0.717) is 11.2 Å². The molecule has 7 nitrogen and oxygen atoms in total. The van der Waals surface area contributed by atoms with Crippen molar-refractivity contribution in [1.29, 1.82) is 0 Å². The zero-order chi connectivity index (χ0) is 19.7. The van der Waals surface area contributed by atoms with E-state index in [1.54, 1.807) is 37.5 Å². The fourth-order valence-corrected chi connectivity index (χ4v) is 4.21. The number of aromatic nitrogens is 2. The molecule has 0 radical (unpaired) electrons. The summed E-state index contributed by atoms with van der Waals surface area (Å²) in [6.07, 6.45) is 1.62. The molecule has 0 aliphatic rings. The molecule has 0 saturated carbocycles. The number of hydrogen-bond donors (Lipinski definition) is 1. The molecule has 0 bridgehead atoms. The van der Waals surface area contributed by atoms with Gasteiger partial charge in [-0.05, 0) is 29.8 Å². The number of hydrogen-bond acceptors (Lipinski definition) is 5. The summed E-state index contributed by atoms with van der Waals surface area (Å²) in [5.74, 6) is -0.548. The van der Waals surface area contributed by atoms with Crippen molar-refractivity contribution in [1.82, 2.24) is 14.3 Å². The van der Waals surface area contributed by atoms with Gasteiger partial charge in [-0.2, -0.15) is 4.72 Å². The molecule has 2 aromatic heterocycles. The van der Waals surface area contributed by atoms with E-state index in [9.17, 15) is 13.2 Å². The summed E-state index contributed by atoms with van der Waals surface area (Å²) < 4.78 is 35.3. The van der Waals surface area contributed by atoms with Gasteiger partial charge in [0, 0.05) is 19.3 Å². The van der Waals surface area contributed by atoms with Gasteiger partial charge >= 0.3 is 5.76 Å². The molecule has 2 heterocycles. The lowest BCUT2D eigenvalue weighted by Crippen LogP contribution is -2.30. The molecule has 4 aromatic rings. The van der Waals surface area contributed by atoms with Crippen molar-refractivity contribution in [2.75, 3.05) is 0 Å². The quantitative estimate of drug-likeness (QED) is 0.561. The Morgan fingerprint density at radius 1 is 1.04 bits per heavy atom. The van der Waals surface area contributed by atoms with Gasteiger partial charge in [-0.3, -0.25) is 9.55 Å². The van der Waals surface area contributed by atoms with E-state index in [1.165, 1.54) is 16.7 Å². The second-order valence-corrected chi connectivity index (χ2v) is 7.99. The first-order valence-electron chi connectivity index (χ1n) is 8.53.